The fourth-order valence-corrected chi connectivity index (χ4v) is 3.73. The number of hydrogen-bond donors (Lipinski definition) is 1. The molecule has 106 valence electrons. The normalized spacial score (nSPS) is 25.3. The molecule has 0 aliphatic carbocycles. The second-order valence-electron chi connectivity index (χ2n) is 5.18. The van der Waals surface area contributed by atoms with Crippen molar-refractivity contribution in [3.63, 3.8) is 0 Å². The van der Waals surface area contributed by atoms with Crippen LogP contribution in [0.5, 0.6) is 0 Å². The van der Waals surface area contributed by atoms with Gasteiger partial charge in [0.05, 0.1) is 17.5 Å². The van der Waals surface area contributed by atoms with Crippen LogP contribution < -0.4 is 5.32 Å². The van der Waals surface area contributed by atoms with Gasteiger partial charge in [0, 0.05) is 16.7 Å². The van der Waals surface area contributed by atoms with Gasteiger partial charge in [-0.2, -0.15) is 0 Å². The molecule has 0 saturated carbocycles. The van der Waals surface area contributed by atoms with E-state index in [1.165, 1.54) is 18.2 Å². The number of likely N-dealkylation sites (tertiary alicyclic amines) is 1. The Morgan fingerprint density at radius 1 is 1.45 bits per heavy atom. The molecule has 2 fully saturated rings. The highest BCUT2D eigenvalue weighted by atomic mass is 127. The maximum atomic E-state index is 13.1. The molecule has 4 nitrogen and oxygen atoms in total. The zero-order valence-corrected chi connectivity index (χ0v) is 12.9. The summed E-state index contributed by atoms with van der Waals surface area (Å²) in [6.45, 7) is 1.18. The Morgan fingerprint density at radius 2 is 2.25 bits per heavy atom. The van der Waals surface area contributed by atoms with Gasteiger partial charge in [-0.25, -0.2) is 4.39 Å². The lowest BCUT2D eigenvalue weighted by atomic mass is 9.91. The van der Waals surface area contributed by atoms with E-state index in [0.717, 1.165) is 12.8 Å². The number of nitrogens with one attached hydrogen (secondary N) is 1. The largest absolute Gasteiger partial charge is 0.354 e. The Hall–Kier alpha value is -1.18. The molecule has 0 spiro atoms. The third-order valence-corrected chi connectivity index (χ3v) is 4.92. The molecule has 6 heteroatoms. The van der Waals surface area contributed by atoms with Crippen LogP contribution in [0.4, 0.5) is 4.39 Å². The molecule has 1 aromatic rings. The molecule has 2 unspecified atom stereocenters. The van der Waals surface area contributed by atoms with Crippen molar-refractivity contribution in [2.45, 2.75) is 18.9 Å². The highest BCUT2D eigenvalue weighted by Gasteiger charge is 2.42. The van der Waals surface area contributed by atoms with Crippen LogP contribution in [0.3, 0.4) is 0 Å². The summed E-state index contributed by atoms with van der Waals surface area (Å²) < 4.78 is 13.7. The average Bonchev–Trinajstić information content (AvgIpc) is 2.80. The second kappa shape index (κ2) is 5.31. The highest BCUT2D eigenvalue weighted by molar-refractivity contribution is 14.1. The quantitative estimate of drug-likeness (QED) is 0.746. The average molecular weight is 388 g/mol. The molecule has 2 aliphatic heterocycles. The van der Waals surface area contributed by atoms with E-state index in [4.69, 9.17) is 0 Å². The fourth-order valence-electron chi connectivity index (χ4n) is 3.02. The van der Waals surface area contributed by atoms with Crippen molar-refractivity contribution in [3.05, 3.63) is 33.1 Å². The minimum Gasteiger partial charge on any atom is -0.354 e. The summed E-state index contributed by atoms with van der Waals surface area (Å²) in [5.74, 6) is -0.507. The van der Waals surface area contributed by atoms with Crippen molar-refractivity contribution in [3.8, 4) is 0 Å². The number of hydrogen-bond acceptors (Lipinski definition) is 2. The van der Waals surface area contributed by atoms with Gasteiger partial charge >= 0.3 is 0 Å². The van der Waals surface area contributed by atoms with Gasteiger partial charge in [-0.05, 0) is 53.6 Å². The maximum Gasteiger partial charge on any atom is 0.255 e. The first-order valence-electron chi connectivity index (χ1n) is 6.61. The molecule has 2 saturated heterocycles. The highest BCUT2D eigenvalue weighted by Crippen LogP contribution is 2.29. The van der Waals surface area contributed by atoms with Gasteiger partial charge in [-0.3, -0.25) is 9.59 Å². The number of carbonyl (C=O) groups excluding carboxylic acids is 2. The molecule has 1 aromatic carbocycles. The fraction of sp³-hybridized carbons (Fsp3) is 0.429. The zero-order chi connectivity index (χ0) is 14.3. The summed E-state index contributed by atoms with van der Waals surface area (Å²) in [5.41, 5.74) is 0.506. The summed E-state index contributed by atoms with van der Waals surface area (Å²) >= 11 is 1.97. The molecule has 3 rings (SSSR count). The first-order valence-corrected chi connectivity index (χ1v) is 7.69. The van der Waals surface area contributed by atoms with E-state index in [-0.39, 0.29) is 29.6 Å². The van der Waals surface area contributed by atoms with Crippen LogP contribution in [-0.2, 0) is 4.79 Å². The van der Waals surface area contributed by atoms with Gasteiger partial charge in [-0.1, -0.05) is 0 Å². The number of nitrogens with zero attached hydrogens (tertiary/aromatic N) is 1. The lowest BCUT2D eigenvalue weighted by molar-refractivity contribution is -0.123. The standard InChI is InChI=1S/C14H14FIN2O2/c15-8-3-4-9(11(16)6-8)14(20)18-5-1-2-10-12(18)7-17-13(10)19/h3-4,6,10,12H,1-2,5,7H2,(H,17,19). The molecule has 2 atom stereocenters. The van der Waals surface area contributed by atoms with Crippen molar-refractivity contribution < 1.29 is 14.0 Å². The van der Waals surface area contributed by atoms with E-state index in [2.05, 4.69) is 5.32 Å². The number of benzene rings is 1. The van der Waals surface area contributed by atoms with E-state index >= 15 is 0 Å². The number of fused-ring (bicyclic) bond motifs is 1. The predicted molar refractivity (Wildman–Crippen MR) is 79.7 cm³/mol. The summed E-state index contributed by atoms with van der Waals surface area (Å²) in [4.78, 5) is 26.1. The van der Waals surface area contributed by atoms with Crippen LogP contribution in [0.15, 0.2) is 18.2 Å². The minimum absolute atomic E-state index is 0.0429. The van der Waals surface area contributed by atoms with Gasteiger partial charge in [0.15, 0.2) is 0 Å². The molecular weight excluding hydrogens is 374 g/mol. The third kappa shape index (κ3) is 2.30. The SMILES string of the molecule is O=C1NCC2C1CCCN2C(=O)c1ccc(F)cc1I. The van der Waals surface area contributed by atoms with Gasteiger partial charge < -0.3 is 10.2 Å². The first-order chi connectivity index (χ1) is 9.58. The van der Waals surface area contributed by atoms with Crippen molar-refractivity contribution in [2.75, 3.05) is 13.1 Å². The molecule has 1 N–H and O–H groups in total. The Kier molecular flexibility index (Phi) is 3.66. The summed E-state index contributed by atoms with van der Waals surface area (Å²) in [6.07, 6.45) is 1.67. The number of carbonyl (C=O) groups is 2. The van der Waals surface area contributed by atoms with E-state index in [0.29, 0.717) is 22.2 Å². The van der Waals surface area contributed by atoms with Gasteiger partial charge in [0.2, 0.25) is 5.91 Å². The van der Waals surface area contributed by atoms with Crippen LogP contribution in [0.1, 0.15) is 23.2 Å². The molecule has 20 heavy (non-hydrogen) atoms. The van der Waals surface area contributed by atoms with Gasteiger partial charge in [0.25, 0.3) is 5.91 Å². The number of amides is 2. The maximum absolute atomic E-state index is 13.1. The van der Waals surface area contributed by atoms with E-state index in [1.54, 1.807) is 4.90 Å². The lowest BCUT2D eigenvalue weighted by Crippen LogP contribution is -2.48. The van der Waals surface area contributed by atoms with Crippen LogP contribution in [0, 0.1) is 15.3 Å². The lowest BCUT2D eigenvalue weighted by Gasteiger charge is -2.36. The van der Waals surface area contributed by atoms with E-state index in [1.807, 2.05) is 22.6 Å². The number of rotatable bonds is 1. The molecule has 2 aliphatic rings. The first kappa shape index (κ1) is 13.8. The molecule has 0 aromatic heterocycles. The van der Waals surface area contributed by atoms with Crippen molar-refractivity contribution >= 4 is 34.4 Å². The van der Waals surface area contributed by atoms with Gasteiger partial charge in [0.1, 0.15) is 5.82 Å². The van der Waals surface area contributed by atoms with Crippen LogP contribution in [0.2, 0.25) is 0 Å². The van der Waals surface area contributed by atoms with Gasteiger partial charge in [-0.15, -0.1) is 0 Å². The third-order valence-electron chi connectivity index (χ3n) is 4.02. The predicted octanol–water partition coefficient (Wildman–Crippen LogP) is 1.78. The molecule has 0 radical (unpaired) electrons. The van der Waals surface area contributed by atoms with E-state index in [9.17, 15) is 14.0 Å². The van der Waals surface area contributed by atoms with Crippen LogP contribution in [-0.4, -0.2) is 35.8 Å². The summed E-state index contributed by atoms with van der Waals surface area (Å²) in [5, 5.41) is 2.83. The Balaban J connectivity index is 1.88. The molecule has 2 amide bonds. The summed E-state index contributed by atoms with van der Waals surface area (Å²) in [6, 6.07) is 4.11. The van der Waals surface area contributed by atoms with Crippen molar-refractivity contribution in [2.24, 2.45) is 5.92 Å². The number of piperidine rings is 1. The van der Waals surface area contributed by atoms with Crippen molar-refractivity contribution in [1.82, 2.24) is 10.2 Å². The van der Waals surface area contributed by atoms with Crippen molar-refractivity contribution in [1.29, 1.82) is 0 Å². The monoisotopic (exact) mass is 388 g/mol. The Labute approximate surface area is 129 Å². The Bertz CT molecular complexity index is 578. The minimum atomic E-state index is -0.347. The smallest absolute Gasteiger partial charge is 0.255 e. The number of halogens is 2. The second-order valence-corrected chi connectivity index (χ2v) is 6.35. The van der Waals surface area contributed by atoms with Crippen LogP contribution >= 0.6 is 22.6 Å². The summed E-state index contributed by atoms with van der Waals surface area (Å²) in [7, 11) is 0. The van der Waals surface area contributed by atoms with Crippen LogP contribution in [0.25, 0.3) is 0 Å². The zero-order valence-electron chi connectivity index (χ0n) is 10.7. The van der Waals surface area contributed by atoms with E-state index < -0.39 is 0 Å². The molecular formula is C14H14FIN2O2. The Morgan fingerprint density at radius 3 is 3.00 bits per heavy atom. The molecule has 0 bridgehead atoms. The molecule has 2 heterocycles. The topological polar surface area (TPSA) is 49.4 Å².